The Morgan fingerprint density at radius 1 is 1.12 bits per heavy atom. The van der Waals surface area contributed by atoms with E-state index >= 15 is 0 Å². The maximum atomic E-state index is 13.4. The van der Waals surface area contributed by atoms with Crippen molar-refractivity contribution in [2.45, 2.75) is 12.8 Å². The Hall–Kier alpha value is -3.03. The molecule has 1 aromatic rings. The number of carbonyl (C=O) groups excluding carboxylic acids is 4. The molecule has 1 aliphatic heterocycles. The van der Waals surface area contributed by atoms with Crippen LogP contribution in [-0.4, -0.2) is 41.7 Å². The maximum Gasteiger partial charge on any atom is 0.326 e. The van der Waals surface area contributed by atoms with Crippen LogP contribution in [0.5, 0.6) is 0 Å². The number of nitrogens with one attached hydrogen (secondary N) is 1. The molecule has 136 valence electrons. The molecular formula is C18H17FN2O5. The van der Waals surface area contributed by atoms with Gasteiger partial charge in [0.15, 0.2) is 6.61 Å². The number of likely N-dealkylation sites (tertiary alicyclic amines) is 1. The Kier molecular flexibility index (Phi) is 5.11. The standard InChI is InChI=1S/C18H17FN2O5/c19-13-7-3-4-8-14(13)20-15(22)10-26-16(23)9-21-17(24)11-5-1-2-6-12(11)18(21)25/h1-4,7-8,11-12H,5-6,9-10H2,(H,20,22)/t11-,12+. The van der Waals surface area contributed by atoms with E-state index in [1.54, 1.807) is 6.07 Å². The van der Waals surface area contributed by atoms with Gasteiger partial charge in [-0.05, 0) is 25.0 Å². The highest BCUT2D eigenvalue weighted by atomic mass is 19.1. The minimum atomic E-state index is -0.873. The van der Waals surface area contributed by atoms with Crippen molar-refractivity contribution in [3.05, 3.63) is 42.2 Å². The van der Waals surface area contributed by atoms with Crippen LogP contribution in [0.25, 0.3) is 0 Å². The number of nitrogens with zero attached hydrogens (tertiary/aromatic N) is 1. The fourth-order valence-corrected chi connectivity index (χ4v) is 3.09. The van der Waals surface area contributed by atoms with Gasteiger partial charge in [0, 0.05) is 0 Å². The van der Waals surface area contributed by atoms with Gasteiger partial charge in [-0.2, -0.15) is 0 Å². The van der Waals surface area contributed by atoms with Gasteiger partial charge in [0.25, 0.3) is 5.91 Å². The van der Waals surface area contributed by atoms with Crippen molar-refractivity contribution in [1.29, 1.82) is 0 Å². The summed E-state index contributed by atoms with van der Waals surface area (Å²) in [4.78, 5) is 49.0. The molecule has 2 atom stereocenters. The minimum absolute atomic E-state index is 0.0324. The summed E-state index contributed by atoms with van der Waals surface area (Å²) in [7, 11) is 0. The number of amides is 3. The van der Waals surface area contributed by atoms with Gasteiger partial charge in [-0.3, -0.25) is 24.1 Å². The molecule has 1 saturated heterocycles. The van der Waals surface area contributed by atoms with Crippen LogP contribution in [0.1, 0.15) is 12.8 Å². The second-order valence-electron chi connectivity index (χ2n) is 6.11. The fourth-order valence-electron chi connectivity index (χ4n) is 3.09. The van der Waals surface area contributed by atoms with Crippen LogP contribution in [0.3, 0.4) is 0 Å². The number of para-hydroxylation sites is 1. The van der Waals surface area contributed by atoms with Gasteiger partial charge in [0.1, 0.15) is 12.4 Å². The molecule has 1 fully saturated rings. The first kappa shape index (κ1) is 17.8. The van der Waals surface area contributed by atoms with Crippen LogP contribution in [0.15, 0.2) is 36.4 Å². The summed E-state index contributed by atoms with van der Waals surface area (Å²) in [6.07, 6.45) is 4.65. The van der Waals surface area contributed by atoms with Gasteiger partial charge < -0.3 is 10.1 Å². The van der Waals surface area contributed by atoms with Crippen LogP contribution in [0, 0.1) is 17.7 Å². The molecule has 1 N–H and O–H groups in total. The van der Waals surface area contributed by atoms with Gasteiger partial charge in [-0.25, -0.2) is 4.39 Å². The van der Waals surface area contributed by atoms with Gasteiger partial charge in [-0.15, -0.1) is 0 Å². The third-order valence-electron chi connectivity index (χ3n) is 4.40. The summed E-state index contributed by atoms with van der Waals surface area (Å²) >= 11 is 0. The number of anilines is 1. The molecule has 0 radical (unpaired) electrons. The Balaban J connectivity index is 1.50. The number of fused-ring (bicyclic) bond motifs is 1. The van der Waals surface area contributed by atoms with Gasteiger partial charge in [-0.1, -0.05) is 24.3 Å². The predicted octanol–water partition coefficient (Wildman–Crippen LogP) is 1.26. The normalized spacial score (nSPS) is 21.5. The molecule has 0 spiro atoms. The molecule has 3 rings (SSSR count). The summed E-state index contributed by atoms with van der Waals surface area (Å²) in [5.41, 5.74) is -0.0324. The highest BCUT2D eigenvalue weighted by Gasteiger charge is 2.47. The molecule has 1 aromatic carbocycles. The molecule has 26 heavy (non-hydrogen) atoms. The van der Waals surface area contributed by atoms with E-state index in [1.165, 1.54) is 18.2 Å². The van der Waals surface area contributed by atoms with Crippen molar-refractivity contribution in [1.82, 2.24) is 4.90 Å². The smallest absolute Gasteiger partial charge is 0.326 e. The molecular weight excluding hydrogens is 343 g/mol. The molecule has 0 bridgehead atoms. The zero-order chi connectivity index (χ0) is 18.7. The van der Waals surface area contributed by atoms with E-state index in [0.717, 1.165) is 4.90 Å². The number of allylic oxidation sites excluding steroid dienone is 2. The SMILES string of the molecule is O=C(COC(=O)CN1C(=O)[C@H]2CC=CC[C@H]2C1=O)Nc1ccccc1F. The Labute approximate surface area is 148 Å². The molecule has 3 amide bonds. The van der Waals surface area contributed by atoms with Crippen molar-refractivity contribution in [2.24, 2.45) is 11.8 Å². The number of halogens is 1. The highest BCUT2D eigenvalue weighted by Crippen LogP contribution is 2.34. The Morgan fingerprint density at radius 3 is 2.35 bits per heavy atom. The summed E-state index contributed by atoms with van der Waals surface area (Å²) in [6, 6.07) is 5.57. The molecule has 7 nitrogen and oxygen atoms in total. The second-order valence-corrected chi connectivity index (χ2v) is 6.11. The van der Waals surface area contributed by atoms with E-state index in [0.29, 0.717) is 12.8 Å². The molecule has 8 heteroatoms. The zero-order valence-electron chi connectivity index (χ0n) is 13.8. The summed E-state index contributed by atoms with van der Waals surface area (Å²) in [6.45, 7) is -1.17. The van der Waals surface area contributed by atoms with Crippen molar-refractivity contribution in [3.63, 3.8) is 0 Å². The van der Waals surface area contributed by atoms with Crippen LogP contribution in [0.2, 0.25) is 0 Å². The Morgan fingerprint density at radius 2 is 1.73 bits per heavy atom. The first-order chi connectivity index (χ1) is 12.5. The van der Waals surface area contributed by atoms with Gasteiger partial charge in [0.05, 0.1) is 17.5 Å². The third-order valence-corrected chi connectivity index (χ3v) is 4.40. The largest absolute Gasteiger partial charge is 0.454 e. The number of ether oxygens (including phenoxy) is 1. The average Bonchev–Trinajstić information content (AvgIpc) is 2.87. The van der Waals surface area contributed by atoms with E-state index in [2.05, 4.69) is 5.32 Å². The lowest BCUT2D eigenvalue weighted by Gasteiger charge is -2.14. The van der Waals surface area contributed by atoms with Crippen molar-refractivity contribution in [2.75, 3.05) is 18.5 Å². The van der Waals surface area contributed by atoms with E-state index < -0.39 is 54.5 Å². The van der Waals surface area contributed by atoms with E-state index in [-0.39, 0.29) is 5.69 Å². The second kappa shape index (κ2) is 7.47. The van der Waals surface area contributed by atoms with Crippen molar-refractivity contribution < 1.29 is 28.3 Å². The molecule has 1 heterocycles. The Bertz CT molecular complexity index is 766. The first-order valence-electron chi connectivity index (χ1n) is 8.17. The number of esters is 1. The van der Waals surface area contributed by atoms with Crippen molar-refractivity contribution in [3.8, 4) is 0 Å². The van der Waals surface area contributed by atoms with Crippen LogP contribution in [0.4, 0.5) is 10.1 Å². The number of benzene rings is 1. The lowest BCUT2D eigenvalue weighted by molar-refractivity contribution is -0.154. The lowest BCUT2D eigenvalue weighted by atomic mass is 9.85. The number of imide groups is 1. The molecule has 0 saturated carbocycles. The first-order valence-corrected chi connectivity index (χ1v) is 8.17. The fraction of sp³-hybridized carbons (Fsp3) is 0.333. The minimum Gasteiger partial charge on any atom is -0.454 e. The summed E-state index contributed by atoms with van der Waals surface area (Å²) in [5, 5.41) is 2.27. The third kappa shape index (κ3) is 3.63. The number of hydrogen-bond acceptors (Lipinski definition) is 5. The molecule has 2 aliphatic rings. The van der Waals surface area contributed by atoms with E-state index in [9.17, 15) is 23.6 Å². The maximum absolute atomic E-state index is 13.4. The molecule has 0 aromatic heterocycles. The van der Waals surface area contributed by atoms with Crippen LogP contribution >= 0.6 is 0 Å². The van der Waals surface area contributed by atoms with E-state index in [1.807, 2.05) is 12.2 Å². The highest BCUT2D eigenvalue weighted by molar-refractivity contribution is 6.07. The predicted molar refractivity (Wildman–Crippen MR) is 88.1 cm³/mol. The van der Waals surface area contributed by atoms with Crippen molar-refractivity contribution >= 4 is 29.4 Å². The lowest BCUT2D eigenvalue weighted by Crippen LogP contribution is -2.37. The van der Waals surface area contributed by atoms with E-state index in [4.69, 9.17) is 4.74 Å². The quantitative estimate of drug-likeness (QED) is 0.485. The number of hydrogen-bond donors (Lipinski definition) is 1. The topological polar surface area (TPSA) is 92.8 Å². The average molecular weight is 360 g/mol. The summed E-state index contributed by atoms with van der Waals surface area (Å²) in [5.74, 6) is -3.84. The van der Waals surface area contributed by atoms with Gasteiger partial charge in [0.2, 0.25) is 11.8 Å². The monoisotopic (exact) mass is 360 g/mol. The van der Waals surface area contributed by atoms with Gasteiger partial charge >= 0.3 is 5.97 Å². The number of rotatable bonds is 5. The van der Waals surface area contributed by atoms with Crippen LogP contribution in [-0.2, 0) is 23.9 Å². The number of carbonyl (C=O) groups is 4. The molecule has 0 unspecified atom stereocenters. The molecule has 1 aliphatic carbocycles. The zero-order valence-corrected chi connectivity index (χ0v) is 13.8. The summed E-state index contributed by atoms with van der Waals surface area (Å²) < 4.78 is 18.2. The van der Waals surface area contributed by atoms with Crippen LogP contribution < -0.4 is 5.32 Å².